The molecule has 0 aliphatic carbocycles. The first kappa shape index (κ1) is 21.7. The van der Waals surface area contributed by atoms with Crippen molar-refractivity contribution in [3.8, 4) is 0 Å². The second-order valence-electron chi connectivity index (χ2n) is 7.49. The van der Waals surface area contributed by atoms with Crippen LogP contribution >= 0.6 is 0 Å². The molecule has 0 saturated carbocycles. The van der Waals surface area contributed by atoms with Gasteiger partial charge >= 0.3 is 0 Å². The number of rotatable bonds is 10. The van der Waals surface area contributed by atoms with E-state index in [0.717, 1.165) is 64.5 Å². The second-order valence-corrected chi connectivity index (χ2v) is 7.49. The van der Waals surface area contributed by atoms with E-state index in [0.29, 0.717) is 12.1 Å². The fraction of sp³-hybridized carbons (Fsp3) is 0.682. The third-order valence-electron chi connectivity index (χ3n) is 5.21. The van der Waals surface area contributed by atoms with Crippen LogP contribution in [0.3, 0.4) is 0 Å². The molecule has 0 aromatic heterocycles. The summed E-state index contributed by atoms with van der Waals surface area (Å²) < 4.78 is 5.61. The van der Waals surface area contributed by atoms with Crippen LogP contribution in [0.1, 0.15) is 51.5 Å². The van der Waals surface area contributed by atoms with Crippen LogP contribution in [0.2, 0.25) is 0 Å². The molecule has 152 valence electrons. The van der Waals surface area contributed by atoms with E-state index in [9.17, 15) is 0 Å². The minimum Gasteiger partial charge on any atom is -0.381 e. The maximum absolute atomic E-state index is 5.61. The number of nitrogens with zero attached hydrogens (tertiary/aromatic N) is 2. The molecule has 1 aliphatic rings. The van der Waals surface area contributed by atoms with Gasteiger partial charge < -0.3 is 15.4 Å². The van der Waals surface area contributed by atoms with E-state index in [4.69, 9.17) is 4.74 Å². The first-order chi connectivity index (χ1) is 13.2. The van der Waals surface area contributed by atoms with Gasteiger partial charge in [0.2, 0.25) is 0 Å². The molecule has 1 aromatic carbocycles. The molecule has 27 heavy (non-hydrogen) atoms. The number of hydrogen-bond acceptors (Lipinski definition) is 3. The molecule has 5 heteroatoms. The molecule has 2 atom stereocenters. The van der Waals surface area contributed by atoms with E-state index in [2.05, 4.69) is 64.7 Å². The summed E-state index contributed by atoms with van der Waals surface area (Å²) in [5.74, 6) is 0.914. The number of piperidine rings is 1. The number of guanidine groups is 1. The third-order valence-corrected chi connectivity index (χ3v) is 5.21. The Morgan fingerprint density at radius 2 is 2.00 bits per heavy atom. The third kappa shape index (κ3) is 8.31. The van der Waals surface area contributed by atoms with Crippen molar-refractivity contribution in [1.29, 1.82) is 0 Å². The molecule has 1 aromatic rings. The van der Waals surface area contributed by atoms with Gasteiger partial charge in [-0.2, -0.15) is 0 Å². The molecule has 2 unspecified atom stereocenters. The normalized spacial score (nSPS) is 21.2. The molecule has 1 aliphatic heterocycles. The van der Waals surface area contributed by atoms with Gasteiger partial charge in [-0.15, -0.1) is 0 Å². The SMILES string of the molecule is CCCCOCCCNC(=NC)NC1CCN(Cc2ccccc2)C(C)C1. The molecule has 1 saturated heterocycles. The number of benzene rings is 1. The Labute approximate surface area is 165 Å². The van der Waals surface area contributed by atoms with Crippen LogP contribution < -0.4 is 10.6 Å². The average Bonchev–Trinajstić information content (AvgIpc) is 2.69. The number of ether oxygens (including phenoxy) is 1. The molecule has 0 radical (unpaired) electrons. The van der Waals surface area contributed by atoms with E-state index >= 15 is 0 Å². The van der Waals surface area contributed by atoms with Gasteiger partial charge in [0.25, 0.3) is 0 Å². The molecule has 1 heterocycles. The highest BCUT2D eigenvalue weighted by atomic mass is 16.5. The monoisotopic (exact) mass is 374 g/mol. The van der Waals surface area contributed by atoms with Crippen LogP contribution in [0.15, 0.2) is 35.3 Å². The van der Waals surface area contributed by atoms with Crippen molar-refractivity contribution in [3.63, 3.8) is 0 Å². The zero-order valence-corrected chi connectivity index (χ0v) is 17.4. The Kier molecular flexibility index (Phi) is 10.2. The fourth-order valence-electron chi connectivity index (χ4n) is 3.52. The maximum atomic E-state index is 5.61. The first-order valence-corrected chi connectivity index (χ1v) is 10.6. The van der Waals surface area contributed by atoms with Gasteiger partial charge in [0.05, 0.1) is 0 Å². The summed E-state index contributed by atoms with van der Waals surface area (Å²) in [5.41, 5.74) is 1.40. The Morgan fingerprint density at radius 3 is 2.70 bits per heavy atom. The molecule has 1 fully saturated rings. The molecule has 5 nitrogen and oxygen atoms in total. The van der Waals surface area contributed by atoms with Crippen molar-refractivity contribution in [2.24, 2.45) is 4.99 Å². The van der Waals surface area contributed by atoms with Crippen LogP contribution in [-0.4, -0.2) is 56.3 Å². The van der Waals surface area contributed by atoms with E-state index in [1.54, 1.807) is 0 Å². The van der Waals surface area contributed by atoms with Gasteiger partial charge in [0, 0.05) is 52.0 Å². The van der Waals surface area contributed by atoms with E-state index in [1.807, 2.05) is 7.05 Å². The largest absolute Gasteiger partial charge is 0.381 e. The summed E-state index contributed by atoms with van der Waals surface area (Å²) in [6, 6.07) is 11.8. The minimum absolute atomic E-state index is 0.485. The maximum Gasteiger partial charge on any atom is 0.191 e. The van der Waals surface area contributed by atoms with Crippen molar-refractivity contribution in [2.75, 3.05) is 33.4 Å². The highest BCUT2D eigenvalue weighted by molar-refractivity contribution is 5.79. The van der Waals surface area contributed by atoms with Crippen LogP contribution in [0.5, 0.6) is 0 Å². The summed E-state index contributed by atoms with van der Waals surface area (Å²) >= 11 is 0. The van der Waals surface area contributed by atoms with Crippen molar-refractivity contribution >= 4 is 5.96 Å². The molecule has 0 amide bonds. The zero-order chi connectivity index (χ0) is 19.3. The molecular formula is C22H38N4O. The lowest BCUT2D eigenvalue weighted by Crippen LogP contribution is -2.51. The van der Waals surface area contributed by atoms with Crippen molar-refractivity contribution in [1.82, 2.24) is 15.5 Å². The van der Waals surface area contributed by atoms with Crippen molar-refractivity contribution in [3.05, 3.63) is 35.9 Å². The number of likely N-dealkylation sites (tertiary alicyclic amines) is 1. The highest BCUT2D eigenvalue weighted by Gasteiger charge is 2.25. The van der Waals surface area contributed by atoms with Gasteiger partial charge in [0.15, 0.2) is 5.96 Å². The fourth-order valence-corrected chi connectivity index (χ4v) is 3.52. The lowest BCUT2D eigenvalue weighted by atomic mass is 9.97. The Bertz CT molecular complexity index is 534. The minimum atomic E-state index is 0.485. The highest BCUT2D eigenvalue weighted by Crippen LogP contribution is 2.19. The van der Waals surface area contributed by atoms with Crippen LogP contribution in [0.4, 0.5) is 0 Å². The Morgan fingerprint density at radius 1 is 1.22 bits per heavy atom. The summed E-state index contributed by atoms with van der Waals surface area (Å²) in [7, 11) is 1.85. The van der Waals surface area contributed by atoms with Crippen molar-refractivity contribution in [2.45, 2.75) is 64.6 Å². The summed E-state index contributed by atoms with van der Waals surface area (Å²) in [5, 5.41) is 7.02. The van der Waals surface area contributed by atoms with Gasteiger partial charge in [0.1, 0.15) is 0 Å². The van der Waals surface area contributed by atoms with E-state index in [1.165, 1.54) is 12.0 Å². The number of aliphatic imine (C=N–C) groups is 1. The average molecular weight is 375 g/mol. The number of unbranched alkanes of at least 4 members (excludes halogenated alkanes) is 1. The standard InChI is InChI=1S/C22H38N4O/c1-4-5-15-27-16-9-13-24-22(23-3)25-21-12-14-26(19(2)17-21)18-20-10-7-6-8-11-20/h6-8,10-11,19,21H,4-5,9,12-18H2,1-3H3,(H2,23,24,25). The van der Waals surface area contributed by atoms with E-state index < -0.39 is 0 Å². The lowest BCUT2D eigenvalue weighted by molar-refractivity contribution is 0.129. The molecule has 2 N–H and O–H groups in total. The quantitative estimate of drug-likeness (QED) is 0.374. The van der Waals surface area contributed by atoms with E-state index in [-0.39, 0.29) is 0 Å². The smallest absolute Gasteiger partial charge is 0.191 e. The molecular weight excluding hydrogens is 336 g/mol. The van der Waals surface area contributed by atoms with Crippen LogP contribution in [0.25, 0.3) is 0 Å². The first-order valence-electron chi connectivity index (χ1n) is 10.6. The summed E-state index contributed by atoms with van der Waals surface area (Å²) in [4.78, 5) is 6.96. The summed E-state index contributed by atoms with van der Waals surface area (Å²) in [6.45, 7) is 9.28. The Hall–Kier alpha value is -1.59. The van der Waals surface area contributed by atoms with Gasteiger partial charge in [-0.3, -0.25) is 9.89 Å². The summed E-state index contributed by atoms with van der Waals surface area (Å²) in [6.07, 6.45) is 5.65. The Balaban J connectivity index is 1.65. The van der Waals surface area contributed by atoms with Crippen molar-refractivity contribution < 1.29 is 4.74 Å². The number of hydrogen-bond donors (Lipinski definition) is 2. The van der Waals surface area contributed by atoms with Gasteiger partial charge in [-0.1, -0.05) is 43.7 Å². The zero-order valence-electron chi connectivity index (χ0n) is 17.4. The van der Waals surface area contributed by atoms with Gasteiger partial charge in [-0.25, -0.2) is 0 Å². The predicted molar refractivity (Wildman–Crippen MR) is 114 cm³/mol. The number of nitrogens with one attached hydrogen (secondary N) is 2. The second kappa shape index (κ2) is 12.7. The molecule has 0 spiro atoms. The van der Waals surface area contributed by atoms with Crippen LogP contribution in [0, 0.1) is 0 Å². The van der Waals surface area contributed by atoms with Crippen LogP contribution in [-0.2, 0) is 11.3 Å². The van der Waals surface area contributed by atoms with Gasteiger partial charge in [-0.05, 0) is 38.2 Å². The topological polar surface area (TPSA) is 48.9 Å². The predicted octanol–water partition coefficient (Wildman–Crippen LogP) is 3.41. The lowest BCUT2D eigenvalue weighted by Gasteiger charge is -2.38. The molecule has 0 bridgehead atoms. The molecule has 2 rings (SSSR count).